The minimum atomic E-state index is -0.245. The van der Waals surface area contributed by atoms with Crippen molar-refractivity contribution in [3.05, 3.63) is 0 Å². The van der Waals surface area contributed by atoms with Gasteiger partial charge in [-0.05, 0) is 6.92 Å². The Kier molecular flexibility index (Phi) is 6.54. The van der Waals surface area contributed by atoms with E-state index in [0.717, 1.165) is 13.2 Å². The molecule has 0 aliphatic carbocycles. The summed E-state index contributed by atoms with van der Waals surface area (Å²) in [5.74, 6) is 0.330. The Morgan fingerprint density at radius 3 is 1.92 bits per heavy atom. The predicted octanol–water partition coefficient (Wildman–Crippen LogP) is 1.19. The van der Waals surface area contributed by atoms with Crippen molar-refractivity contribution in [3.63, 3.8) is 0 Å². The first kappa shape index (κ1) is 12.4. The van der Waals surface area contributed by atoms with Gasteiger partial charge >= 0.3 is 5.97 Å². The number of methoxy groups -OCH3 is 1. The maximum atomic E-state index is 9.59. The van der Waals surface area contributed by atoms with Crippen LogP contribution in [0.15, 0.2) is 0 Å². The highest BCUT2D eigenvalue weighted by Crippen LogP contribution is 2.08. The minimum absolute atomic E-state index is 0.0196. The third-order valence-electron chi connectivity index (χ3n) is 1.52. The molecule has 1 heterocycles. The zero-order chi connectivity index (χ0) is 10.3. The fraction of sp³-hybridized carbons (Fsp3) is 0.889. The summed E-state index contributed by atoms with van der Waals surface area (Å²) >= 11 is 0. The third kappa shape index (κ3) is 7.74. The summed E-state index contributed by atoms with van der Waals surface area (Å²) in [5, 5.41) is 0. The molecule has 1 fully saturated rings. The Hall–Kier alpha value is -0.610. The van der Waals surface area contributed by atoms with Gasteiger partial charge in [-0.15, -0.1) is 0 Å². The Labute approximate surface area is 79.2 Å². The molecule has 1 aliphatic rings. The number of carbonyl (C=O) groups is 1. The van der Waals surface area contributed by atoms with Crippen molar-refractivity contribution >= 4 is 5.97 Å². The van der Waals surface area contributed by atoms with Crippen LogP contribution in [0, 0.1) is 5.92 Å². The lowest BCUT2D eigenvalue weighted by atomic mass is 10.2. The SMILES string of the molecule is CC1COC(C)OC1.COC(C)=O. The molecule has 1 aliphatic heterocycles. The molecule has 0 saturated carbocycles. The van der Waals surface area contributed by atoms with E-state index in [1.807, 2.05) is 6.92 Å². The molecule has 0 amide bonds. The standard InChI is InChI=1S/C6H12O2.C3H6O2/c1-5-3-7-6(2)8-4-5;1-3(4)5-2/h5-6H,3-4H2,1-2H3;1-2H3. The van der Waals surface area contributed by atoms with Gasteiger partial charge in [-0.3, -0.25) is 4.79 Å². The largest absolute Gasteiger partial charge is 0.469 e. The average Bonchev–Trinajstić information content (AvgIpc) is 2.11. The van der Waals surface area contributed by atoms with Crippen LogP contribution >= 0.6 is 0 Å². The van der Waals surface area contributed by atoms with E-state index in [0.29, 0.717) is 5.92 Å². The first-order valence-corrected chi connectivity index (χ1v) is 4.34. The topological polar surface area (TPSA) is 44.8 Å². The zero-order valence-corrected chi connectivity index (χ0v) is 8.70. The van der Waals surface area contributed by atoms with Crippen molar-refractivity contribution in [3.8, 4) is 0 Å². The smallest absolute Gasteiger partial charge is 0.302 e. The van der Waals surface area contributed by atoms with E-state index >= 15 is 0 Å². The van der Waals surface area contributed by atoms with Crippen LogP contribution in [0.2, 0.25) is 0 Å². The van der Waals surface area contributed by atoms with E-state index in [4.69, 9.17) is 9.47 Å². The van der Waals surface area contributed by atoms with Crippen molar-refractivity contribution in [2.45, 2.75) is 27.1 Å². The van der Waals surface area contributed by atoms with Crippen LogP contribution in [0.4, 0.5) is 0 Å². The molecule has 13 heavy (non-hydrogen) atoms. The van der Waals surface area contributed by atoms with Crippen LogP contribution in [0.3, 0.4) is 0 Å². The Morgan fingerprint density at radius 2 is 1.69 bits per heavy atom. The molecule has 0 aromatic carbocycles. The monoisotopic (exact) mass is 190 g/mol. The molecule has 4 heteroatoms. The quantitative estimate of drug-likeness (QED) is 0.538. The van der Waals surface area contributed by atoms with E-state index in [-0.39, 0.29) is 12.3 Å². The van der Waals surface area contributed by atoms with Gasteiger partial charge in [-0.1, -0.05) is 6.92 Å². The zero-order valence-electron chi connectivity index (χ0n) is 8.70. The van der Waals surface area contributed by atoms with Crippen LogP contribution in [0.1, 0.15) is 20.8 Å². The van der Waals surface area contributed by atoms with Gasteiger partial charge in [0.05, 0.1) is 20.3 Å². The second-order valence-corrected chi connectivity index (χ2v) is 3.04. The molecule has 0 spiro atoms. The second-order valence-electron chi connectivity index (χ2n) is 3.04. The molecule has 0 atom stereocenters. The summed E-state index contributed by atoms with van der Waals surface area (Å²) in [6.45, 7) is 7.10. The van der Waals surface area contributed by atoms with Crippen LogP contribution in [0.25, 0.3) is 0 Å². The highest BCUT2D eigenvalue weighted by Gasteiger charge is 2.13. The first-order chi connectivity index (χ1) is 6.06. The van der Waals surface area contributed by atoms with Crippen molar-refractivity contribution in [1.29, 1.82) is 0 Å². The average molecular weight is 190 g/mol. The lowest BCUT2D eigenvalue weighted by Gasteiger charge is -2.24. The number of carbonyl (C=O) groups excluding carboxylic acids is 1. The van der Waals surface area contributed by atoms with E-state index in [1.165, 1.54) is 14.0 Å². The van der Waals surface area contributed by atoms with Gasteiger partial charge in [0.2, 0.25) is 0 Å². The molecule has 0 unspecified atom stereocenters. The van der Waals surface area contributed by atoms with E-state index in [2.05, 4.69) is 11.7 Å². The van der Waals surface area contributed by atoms with Gasteiger partial charge < -0.3 is 14.2 Å². The molecule has 0 aromatic rings. The lowest BCUT2D eigenvalue weighted by molar-refractivity contribution is -0.187. The van der Waals surface area contributed by atoms with Crippen molar-refractivity contribution in [2.75, 3.05) is 20.3 Å². The molecule has 1 saturated heterocycles. The van der Waals surface area contributed by atoms with Crippen LogP contribution < -0.4 is 0 Å². The third-order valence-corrected chi connectivity index (χ3v) is 1.52. The normalized spacial score (nSPS) is 27.1. The summed E-state index contributed by atoms with van der Waals surface area (Å²) in [4.78, 5) is 9.59. The molecule has 78 valence electrons. The van der Waals surface area contributed by atoms with Gasteiger partial charge in [0.25, 0.3) is 0 Å². The number of esters is 1. The lowest BCUT2D eigenvalue weighted by Crippen LogP contribution is -2.27. The van der Waals surface area contributed by atoms with Crippen LogP contribution in [-0.4, -0.2) is 32.6 Å². The van der Waals surface area contributed by atoms with Crippen LogP contribution in [0.5, 0.6) is 0 Å². The van der Waals surface area contributed by atoms with Crippen LogP contribution in [-0.2, 0) is 19.0 Å². The van der Waals surface area contributed by atoms with Gasteiger partial charge in [-0.2, -0.15) is 0 Å². The predicted molar refractivity (Wildman–Crippen MR) is 48.2 cm³/mol. The van der Waals surface area contributed by atoms with Gasteiger partial charge in [0, 0.05) is 12.8 Å². The summed E-state index contributed by atoms with van der Waals surface area (Å²) < 4.78 is 14.4. The Morgan fingerprint density at radius 1 is 1.31 bits per heavy atom. The summed E-state index contributed by atoms with van der Waals surface area (Å²) in [5.41, 5.74) is 0. The summed E-state index contributed by atoms with van der Waals surface area (Å²) in [6.07, 6.45) is 0.0196. The number of ether oxygens (including phenoxy) is 3. The molecular formula is C9H18O4. The first-order valence-electron chi connectivity index (χ1n) is 4.34. The fourth-order valence-electron chi connectivity index (χ4n) is 0.696. The van der Waals surface area contributed by atoms with Crippen molar-refractivity contribution in [1.82, 2.24) is 0 Å². The van der Waals surface area contributed by atoms with Gasteiger partial charge in [0.15, 0.2) is 6.29 Å². The molecule has 0 aromatic heterocycles. The van der Waals surface area contributed by atoms with Crippen molar-refractivity contribution < 1.29 is 19.0 Å². The minimum Gasteiger partial charge on any atom is -0.469 e. The van der Waals surface area contributed by atoms with E-state index in [9.17, 15) is 4.79 Å². The summed E-state index contributed by atoms with van der Waals surface area (Å²) in [6, 6.07) is 0. The number of rotatable bonds is 0. The highest BCUT2D eigenvalue weighted by atomic mass is 16.7. The molecule has 0 N–H and O–H groups in total. The maximum absolute atomic E-state index is 9.59. The second kappa shape index (κ2) is 6.86. The molecule has 0 radical (unpaired) electrons. The Balaban J connectivity index is 0.000000252. The maximum Gasteiger partial charge on any atom is 0.302 e. The van der Waals surface area contributed by atoms with E-state index in [1.54, 1.807) is 0 Å². The summed E-state index contributed by atoms with van der Waals surface area (Å²) in [7, 11) is 1.35. The fourth-order valence-corrected chi connectivity index (χ4v) is 0.696. The Bertz CT molecular complexity index is 129. The van der Waals surface area contributed by atoms with Crippen molar-refractivity contribution in [2.24, 2.45) is 5.92 Å². The molecular weight excluding hydrogens is 172 g/mol. The van der Waals surface area contributed by atoms with E-state index < -0.39 is 0 Å². The molecule has 1 rings (SSSR count). The molecule has 0 bridgehead atoms. The van der Waals surface area contributed by atoms with Gasteiger partial charge in [-0.25, -0.2) is 0 Å². The number of hydrogen-bond acceptors (Lipinski definition) is 4. The highest BCUT2D eigenvalue weighted by molar-refractivity contribution is 5.65. The molecule has 4 nitrogen and oxygen atoms in total. The van der Waals surface area contributed by atoms with Gasteiger partial charge in [0.1, 0.15) is 0 Å². The number of hydrogen-bond donors (Lipinski definition) is 0.